The maximum atomic E-state index is 3.91. The number of nitrogens with one attached hydrogen (secondary N) is 1. The zero-order chi connectivity index (χ0) is 10.6. The van der Waals surface area contributed by atoms with Crippen LogP contribution in [0.1, 0.15) is 42.5 Å². The van der Waals surface area contributed by atoms with Crippen LogP contribution >= 0.6 is 11.3 Å². The van der Waals surface area contributed by atoms with Gasteiger partial charge in [0.2, 0.25) is 0 Å². The third-order valence-electron chi connectivity index (χ3n) is 5.17. The fourth-order valence-corrected chi connectivity index (χ4v) is 5.42. The molecule has 0 saturated heterocycles. The molecule has 5 rings (SSSR count). The van der Waals surface area contributed by atoms with Gasteiger partial charge in [-0.15, -0.1) is 11.3 Å². The monoisotopic (exact) mass is 233 g/mol. The van der Waals surface area contributed by atoms with E-state index in [9.17, 15) is 0 Å². The van der Waals surface area contributed by atoms with E-state index in [-0.39, 0.29) is 0 Å². The van der Waals surface area contributed by atoms with Crippen LogP contribution in [0.4, 0.5) is 0 Å². The Morgan fingerprint density at radius 2 is 2.12 bits per heavy atom. The summed E-state index contributed by atoms with van der Waals surface area (Å²) in [4.78, 5) is 1.67. The van der Waals surface area contributed by atoms with E-state index < -0.39 is 0 Å². The number of rotatable bonds is 0. The first kappa shape index (κ1) is 9.67. The largest absolute Gasteiger partial charge is 0.307 e. The van der Waals surface area contributed by atoms with Gasteiger partial charge >= 0.3 is 0 Å². The second kappa shape index (κ2) is 3.33. The minimum absolute atomic E-state index is 0.398. The van der Waals surface area contributed by atoms with Gasteiger partial charge in [-0.05, 0) is 54.5 Å². The molecule has 2 heteroatoms. The van der Waals surface area contributed by atoms with E-state index in [4.69, 9.17) is 0 Å². The molecule has 1 aliphatic heterocycles. The molecule has 2 bridgehead atoms. The highest BCUT2D eigenvalue weighted by atomic mass is 32.1. The molecule has 1 N–H and O–H groups in total. The third kappa shape index (κ3) is 1.15. The molecule has 1 atom stereocenters. The summed E-state index contributed by atoms with van der Waals surface area (Å²) in [5.74, 6) is 1.93. The maximum absolute atomic E-state index is 3.91. The van der Waals surface area contributed by atoms with Gasteiger partial charge in [0, 0.05) is 17.0 Å². The lowest BCUT2D eigenvalue weighted by Gasteiger charge is -2.54. The molecule has 0 aromatic carbocycles. The van der Waals surface area contributed by atoms with Crippen LogP contribution in [-0.2, 0) is 12.0 Å². The van der Waals surface area contributed by atoms with Crippen LogP contribution in [0.25, 0.3) is 0 Å². The van der Waals surface area contributed by atoms with Crippen molar-refractivity contribution in [3.05, 3.63) is 21.9 Å². The Balaban J connectivity index is 1.83. The lowest BCUT2D eigenvalue weighted by Crippen LogP contribution is -2.57. The summed E-state index contributed by atoms with van der Waals surface area (Å²) in [5, 5.41) is 6.22. The van der Waals surface area contributed by atoms with E-state index in [0.29, 0.717) is 5.54 Å². The van der Waals surface area contributed by atoms with Crippen molar-refractivity contribution in [2.75, 3.05) is 6.54 Å². The molecule has 4 aliphatic rings. The molecule has 86 valence electrons. The Morgan fingerprint density at radius 1 is 1.25 bits per heavy atom. The first-order valence-corrected chi connectivity index (χ1v) is 7.58. The van der Waals surface area contributed by atoms with Crippen molar-refractivity contribution in [3.63, 3.8) is 0 Å². The standard InChI is InChI=1S/C14H19NS/c1-3-11-4-2-10(1)9-14(11)12-6-8-16-13(12)5-7-15-14/h6,8,10-11,15H,1-5,7,9H2. The van der Waals surface area contributed by atoms with Gasteiger partial charge in [-0.25, -0.2) is 0 Å². The molecular formula is C14H19NS. The quantitative estimate of drug-likeness (QED) is 0.725. The molecule has 3 aliphatic carbocycles. The average molecular weight is 233 g/mol. The molecule has 1 nitrogen and oxygen atoms in total. The highest BCUT2D eigenvalue weighted by molar-refractivity contribution is 7.10. The molecule has 1 aromatic heterocycles. The summed E-state index contributed by atoms with van der Waals surface area (Å²) in [5.41, 5.74) is 2.08. The van der Waals surface area contributed by atoms with Gasteiger partial charge in [0.1, 0.15) is 0 Å². The molecule has 3 fully saturated rings. The smallest absolute Gasteiger partial charge is 0.0477 e. The summed E-state index contributed by atoms with van der Waals surface area (Å²) in [6, 6.07) is 2.41. The van der Waals surface area contributed by atoms with Gasteiger partial charge in [0.15, 0.2) is 0 Å². The van der Waals surface area contributed by atoms with Gasteiger partial charge < -0.3 is 5.32 Å². The number of hydrogen-bond acceptors (Lipinski definition) is 2. The Morgan fingerprint density at radius 3 is 2.88 bits per heavy atom. The highest BCUT2D eigenvalue weighted by Crippen LogP contribution is 2.54. The second-order valence-electron chi connectivity index (χ2n) is 5.83. The molecule has 1 aromatic rings. The van der Waals surface area contributed by atoms with Crippen molar-refractivity contribution in [2.24, 2.45) is 11.8 Å². The van der Waals surface area contributed by atoms with Crippen LogP contribution in [0.15, 0.2) is 11.4 Å². The first-order valence-electron chi connectivity index (χ1n) is 6.70. The number of fused-ring (bicyclic) bond motifs is 3. The molecule has 0 amide bonds. The van der Waals surface area contributed by atoms with E-state index >= 15 is 0 Å². The van der Waals surface area contributed by atoms with Gasteiger partial charge in [0.05, 0.1) is 0 Å². The number of thiophene rings is 1. The second-order valence-corrected chi connectivity index (χ2v) is 6.83. The lowest BCUT2D eigenvalue weighted by atomic mass is 9.57. The van der Waals surface area contributed by atoms with Crippen LogP contribution in [-0.4, -0.2) is 6.54 Å². The van der Waals surface area contributed by atoms with Crippen LogP contribution < -0.4 is 5.32 Å². The molecule has 1 spiro atoms. The summed E-state index contributed by atoms with van der Waals surface area (Å²) < 4.78 is 0. The average Bonchev–Trinajstić information content (AvgIpc) is 2.80. The lowest BCUT2D eigenvalue weighted by molar-refractivity contribution is 0.0345. The summed E-state index contributed by atoms with van der Waals surface area (Å²) in [6.45, 7) is 1.21. The zero-order valence-corrected chi connectivity index (χ0v) is 10.5. The molecule has 0 radical (unpaired) electrons. The molecule has 1 unspecified atom stereocenters. The Hall–Kier alpha value is -0.340. The van der Waals surface area contributed by atoms with E-state index in [1.807, 2.05) is 11.3 Å². The summed E-state index contributed by atoms with van der Waals surface area (Å²) in [6.07, 6.45) is 8.59. The topological polar surface area (TPSA) is 12.0 Å². The molecular weight excluding hydrogens is 214 g/mol. The first-order chi connectivity index (χ1) is 7.88. The van der Waals surface area contributed by atoms with E-state index in [1.165, 1.54) is 45.1 Å². The fraction of sp³-hybridized carbons (Fsp3) is 0.714. The fourth-order valence-electron chi connectivity index (χ4n) is 4.45. The van der Waals surface area contributed by atoms with E-state index in [2.05, 4.69) is 16.8 Å². The predicted octanol–water partition coefficient (Wildman–Crippen LogP) is 3.30. The normalized spacial score (nSPS) is 41.2. The van der Waals surface area contributed by atoms with Crippen LogP contribution in [0.5, 0.6) is 0 Å². The van der Waals surface area contributed by atoms with Crippen molar-refractivity contribution in [2.45, 2.75) is 44.1 Å². The van der Waals surface area contributed by atoms with Crippen LogP contribution in [0.2, 0.25) is 0 Å². The predicted molar refractivity (Wildman–Crippen MR) is 67.8 cm³/mol. The van der Waals surface area contributed by atoms with Crippen LogP contribution in [0, 0.1) is 11.8 Å². The summed E-state index contributed by atoms with van der Waals surface area (Å²) >= 11 is 1.98. The van der Waals surface area contributed by atoms with Crippen molar-refractivity contribution in [1.82, 2.24) is 5.32 Å². The van der Waals surface area contributed by atoms with Crippen molar-refractivity contribution >= 4 is 11.3 Å². The SMILES string of the molecule is c1cc2c(s1)CCNC21CC2CCC1CC2. The van der Waals surface area contributed by atoms with Gasteiger partial charge in [-0.1, -0.05) is 12.8 Å². The van der Waals surface area contributed by atoms with E-state index in [1.54, 1.807) is 10.4 Å². The summed E-state index contributed by atoms with van der Waals surface area (Å²) in [7, 11) is 0. The van der Waals surface area contributed by atoms with Gasteiger partial charge in [0.25, 0.3) is 0 Å². The zero-order valence-electron chi connectivity index (χ0n) is 9.67. The molecule has 3 saturated carbocycles. The third-order valence-corrected chi connectivity index (χ3v) is 6.15. The Kier molecular flexibility index (Phi) is 2.01. The Labute approximate surface area is 101 Å². The number of hydrogen-bond donors (Lipinski definition) is 1. The van der Waals surface area contributed by atoms with Crippen molar-refractivity contribution in [3.8, 4) is 0 Å². The molecule has 2 heterocycles. The minimum Gasteiger partial charge on any atom is -0.307 e. The van der Waals surface area contributed by atoms with Crippen molar-refractivity contribution < 1.29 is 0 Å². The van der Waals surface area contributed by atoms with E-state index in [0.717, 1.165) is 11.8 Å². The van der Waals surface area contributed by atoms with Crippen molar-refractivity contribution in [1.29, 1.82) is 0 Å². The molecule has 16 heavy (non-hydrogen) atoms. The minimum atomic E-state index is 0.398. The van der Waals surface area contributed by atoms with Crippen LogP contribution in [0.3, 0.4) is 0 Å². The van der Waals surface area contributed by atoms with Gasteiger partial charge in [-0.3, -0.25) is 0 Å². The van der Waals surface area contributed by atoms with Gasteiger partial charge in [-0.2, -0.15) is 0 Å². The highest BCUT2D eigenvalue weighted by Gasteiger charge is 2.50. The Bertz CT molecular complexity index is 403. The maximum Gasteiger partial charge on any atom is 0.0477 e.